The lowest BCUT2D eigenvalue weighted by atomic mass is 10.1. The van der Waals surface area contributed by atoms with Crippen molar-refractivity contribution < 1.29 is 8.78 Å². The van der Waals surface area contributed by atoms with Crippen LogP contribution >= 0.6 is 0 Å². The first-order valence-electron chi connectivity index (χ1n) is 7.82. The molecule has 3 aromatic heterocycles. The molecule has 1 N–H and O–H groups in total. The molecule has 0 spiro atoms. The van der Waals surface area contributed by atoms with Crippen molar-refractivity contribution in [1.82, 2.24) is 24.7 Å². The third kappa shape index (κ3) is 2.88. The lowest BCUT2D eigenvalue weighted by Gasteiger charge is -2.10. The summed E-state index contributed by atoms with van der Waals surface area (Å²) in [4.78, 5) is 8.86. The van der Waals surface area contributed by atoms with Gasteiger partial charge in [-0.05, 0) is 31.2 Å². The van der Waals surface area contributed by atoms with E-state index in [2.05, 4.69) is 20.2 Å². The number of aromatic amines is 1. The van der Waals surface area contributed by atoms with Crippen LogP contribution in [0.15, 0.2) is 48.9 Å². The Balaban J connectivity index is 1.92. The predicted molar refractivity (Wildman–Crippen MR) is 91.3 cm³/mol. The topological polar surface area (TPSA) is 59.4 Å². The second kappa shape index (κ2) is 6.08. The monoisotopic (exact) mass is 339 g/mol. The van der Waals surface area contributed by atoms with E-state index in [0.717, 1.165) is 22.2 Å². The number of nitrogens with one attached hydrogen (secondary N) is 1. The summed E-state index contributed by atoms with van der Waals surface area (Å²) in [6.45, 7) is 1.47. The third-order valence-corrected chi connectivity index (χ3v) is 4.02. The lowest BCUT2D eigenvalue weighted by molar-refractivity contribution is 0.127. The molecular formula is C18H15F2N5. The van der Waals surface area contributed by atoms with Crippen LogP contribution in [0.3, 0.4) is 0 Å². The third-order valence-electron chi connectivity index (χ3n) is 4.02. The van der Waals surface area contributed by atoms with Gasteiger partial charge in [0, 0.05) is 16.6 Å². The number of alkyl halides is 2. The fourth-order valence-electron chi connectivity index (χ4n) is 2.92. The van der Waals surface area contributed by atoms with Crippen LogP contribution in [0, 0.1) is 6.92 Å². The van der Waals surface area contributed by atoms with Crippen molar-refractivity contribution in [3.8, 4) is 22.6 Å². The molecule has 0 fully saturated rings. The van der Waals surface area contributed by atoms with Gasteiger partial charge in [0.15, 0.2) is 0 Å². The summed E-state index contributed by atoms with van der Waals surface area (Å²) in [6, 6.07) is 11.3. The van der Waals surface area contributed by atoms with Gasteiger partial charge in [0.25, 0.3) is 6.43 Å². The summed E-state index contributed by atoms with van der Waals surface area (Å²) in [5, 5.41) is 7.80. The molecule has 3 heterocycles. The van der Waals surface area contributed by atoms with Crippen LogP contribution < -0.4 is 0 Å². The standard InChI is InChI=1S/C18H15F2N5/c1-11-3-2-4-15(23-11)17-18(25(10-21-17)9-16(19)20)12-5-6-14-13(7-12)8-22-24-14/h2-8,10,16H,9H2,1H3,(H,22,24). The molecule has 0 aliphatic carbocycles. The van der Waals surface area contributed by atoms with Crippen LogP contribution in [-0.2, 0) is 6.54 Å². The van der Waals surface area contributed by atoms with Crippen molar-refractivity contribution in [2.45, 2.75) is 19.9 Å². The van der Waals surface area contributed by atoms with Crippen LogP contribution in [0.2, 0.25) is 0 Å². The van der Waals surface area contributed by atoms with Crippen molar-refractivity contribution in [1.29, 1.82) is 0 Å². The molecule has 25 heavy (non-hydrogen) atoms. The molecule has 4 aromatic rings. The number of aromatic nitrogens is 5. The number of nitrogens with zero attached hydrogens (tertiary/aromatic N) is 4. The van der Waals surface area contributed by atoms with Crippen molar-refractivity contribution in [2.24, 2.45) is 0 Å². The fourth-order valence-corrected chi connectivity index (χ4v) is 2.92. The molecule has 126 valence electrons. The zero-order valence-electron chi connectivity index (χ0n) is 13.4. The summed E-state index contributed by atoms with van der Waals surface area (Å²) in [5.41, 5.74) is 4.41. The van der Waals surface area contributed by atoms with E-state index in [1.165, 1.54) is 10.9 Å². The Morgan fingerprint density at radius 1 is 1.20 bits per heavy atom. The summed E-state index contributed by atoms with van der Waals surface area (Å²) >= 11 is 0. The van der Waals surface area contributed by atoms with Gasteiger partial charge in [0.2, 0.25) is 0 Å². The average Bonchev–Trinajstić information content (AvgIpc) is 3.20. The number of benzene rings is 1. The van der Waals surface area contributed by atoms with Crippen LogP contribution in [-0.4, -0.2) is 31.2 Å². The predicted octanol–water partition coefficient (Wildman–Crippen LogP) is 4.06. The molecule has 0 saturated heterocycles. The van der Waals surface area contributed by atoms with Crippen molar-refractivity contribution in [3.05, 3.63) is 54.6 Å². The molecule has 0 aliphatic heterocycles. The Hall–Kier alpha value is -3.09. The largest absolute Gasteiger partial charge is 0.324 e. The van der Waals surface area contributed by atoms with Crippen molar-refractivity contribution in [3.63, 3.8) is 0 Å². The normalized spacial score (nSPS) is 11.5. The molecule has 0 amide bonds. The minimum atomic E-state index is -2.47. The molecule has 0 unspecified atom stereocenters. The maximum atomic E-state index is 13.0. The summed E-state index contributed by atoms with van der Waals surface area (Å²) in [6.07, 6.45) is 0.682. The van der Waals surface area contributed by atoms with Gasteiger partial charge in [-0.15, -0.1) is 0 Å². The van der Waals surface area contributed by atoms with Crippen molar-refractivity contribution >= 4 is 10.9 Å². The van der Waals surface area contributed by atoms with Crippen LogP contribution in [0.5, 0.6) is 0 Å². The molecule has 0 saturated carbocycles. The molecule has 4 rings (SSSR count). The van der Waals surface area contributed by atoms with E-state index in [9.17, 15) is 8.78 Å². The molecule has 0 bridgehead atoms. The van der Waals surface area contributed by atoms with Gasteiger partial charge in [0.1, 0.15) is 5.69 Å². The average molecular weight is 339 g/mol. The summed E-state index contributed by atoms with van der Waals surface area (Å²) in [7, 11) is 0. The van der Waals surface area contributed by atoms with Gasteiger partial charge in [-0.25, -0.2) is 13.8 Å². The van der Waals surface area contributed by atoms with E-state index in [1.807, 2.05) is 43.3 Å². The first kappa shape index (κ1) is 15.4. The highest BCUT2D eigenvalue weighted by atomic mass is 19.3. The molecule has 1 aromatic carbocycles. The second-order valence-corrected chi connectivity index (χ2v) is 5.82. The number of imidazole rings is 1. The van der Waals surface area contributed by atoms with Gasteiger partial charge >= 0.3 is 0 Å². The minimum Gasteiger partial charge on any atom is -0.324 e. The Labute approximate surface area is 142 Å². The fraction of sp³-hybridized carbons (Fsp3) is 0.167. The first-order chi connectivity index (χ1) is 12.1. The van der Waals surface area contributed by atoms with E-state index < -0.39 is 13.0 Å². The number of H-pyrrole nitrogens is 1. The van der Waals surface area contributed by atoms with Gasteiger partial charge in [-0.3, -0.25) is 10.1 Å². The van der Waals surface area contributed by atoms with E-state index in [0.29, 0.717) is 17.1 Å². The second-order valence-electron chi connectivity index (χ2n) is 5.82. The Kier molecular flexibility index (Phi) is 3.76. The van der Waals surface area contributed by atoms with Crippen LogP contribution in [0.25, 0.3) is 33.5 Å². The first-order valence-corrected chi connectivity index (χ1v) is 7.82. The van der Waals surface area contributed by atoms with Crippen LogP contribution in [0.1, 0.15) is 5.69 Å². The number of rotatable bonds is 4. The number of halogens is 2. The lowest BCUT2D eigenvalue weighted by Crippen LogP contribution is -2.07. The Morgan fingerprint density at radius 2 is 2.08 bits per heavy atom. The summed E-state index contributed by atoms with van der Waals surface area (Å²) < 4.78 is 27.5. The maximum absolute atomic E-state index is 13.0. The van der Waals surface area contributed by atoms with E-state index >= 15 is 0 Å². The Morgan fingerprint density at radius 3 is 2.88 bits per heavy atom. The number of pyridine rings is 1. The zero-order valence-corrected chi connectivity index (χ0v) is 13.4. The highest BCUT2D eigenvalue weighted by Gasteiger charge is 2.18. The SMILES string of the molecule is Cc1cccc(-c2ncn(CC(F)F)c2-c2ccc3[nH]ncc3c2)n1. The molecular weight excluding hydrogens is 324 g/mol. The zero-order chi connectivity index (χ0) is 17.4. The molecule has 0 radical (unpaired) electrons. The Bertz CT molecular complexity index is 1030. The summed E-state index contributed by atoms with van der Waals surface area (Å²) in [5.74, 6) is 0. The van der Waals surface area contributed by atoms with Gasteiger partial charge < -0.3 is 4.57 Å². The maximum Gasteiger partial charge on any atom is 0.256 e. The van der Waals surface area contributed by atoms with Gasteiger partial charge in [-0.2, -0.15) is 5.10 Å². The van der Waals surface area contributed by atoms with Crippen molar-refractivity contribution in [2.75, 3.05) is 0 Å². The van der Waals surface area contributed by atoms with Crippen LogP contribution in [0.4, 0.5) is 8.78 Å². The molecule has 7 heteroatoms. The molecule has 5 nitrogen and oxygen atoms in total. The number of aryl methyl sites for hydroxylation is 1. The number of fused-ring (bicyclic) bond motifs is 1. The highest BCUT2D eigenvalue weighted by Crippen LogP contribution is 2.32. The molecule has 0 atom stereocenters. The minimum absolute atomic E-state index is 0.419. The van der Waals surface area contributed by atoms with Gasteiger partial charge in [0.05, 0.1) is 36.0 Å². The van der Waals surface area contributed by atoms with E-state index in [-0.39, 0.29) is 0 Å². The number of hydrogen-bond donors (Lipinski definition) is 1. The quantitative estimate of drug-likeness (QED) is 0.610. The molecule has 0 aliphatic rings. The smallest absolute Gasteiger partial charge is 0.256 e. The van der Waals surface area contributed by atoms with E-state index in [4.69, 9.17) is 0 Å². The van der Waals surface area contributed by atoms with E-state index in [1.54, 1.807) is 6.20 Å². The number of hydrogen-bond acceptors (Lipinski definition) is 3. The van der Waals surface area contributed by atoms with Gasteiger partial charge in [-0.1, -0.05) is 12.1 Å². The highest BCUT2D eigenvalue weighted by molar-refractivity contribution is 5.86.